The van der Waals surface area contributed by atoms with Crippen LogP contribution in [0, 0.1) is 11.8 Å². The van der Waals surface area contributed by atoms with E-state index in [0.29, 0.717) is 6.42 Å². The van der Waals surface area contributed by atoms with Crippen molar-refractivity contribution in [1.82, 2.24) is 10.6 Å². The Labute approximate surface area is 206 Å². The van der Waals surface area contributed by atoms with Gasteiger partial charge < -0.3 is 20.5 Å². The molecule has 7 heteroatoms. The first-order valence-corrected chi connectivity index (χ1v) is 12.6. The van der Waals surface area contributed by atoms with E-state index in [0.717, 1.165) is 25.7 Å². The third kappa shape index (κ3) is 5.84. The molecule has 0 aromatic heterocycles. The Kier molecular flexibility index (Phi) is 8.06. The first kappa shape index (κ1) is 24.8. The van der Waals surface area contributed by atoms with Gasteiger partial charge in [0.05, 0.1) is 5.92 Å². The van der Waals surface area contributed by atoms with Crippen molar-refractivity contribution in [2.45, 2.75) is 57.4 Å². The average Bonchev–Trinajstić information content (AvgIpc) is 3.42. The van der Waals surface area contributed by atoms with Gasteiger partial charge in [0, 0.05) is 24.9 Å². The highest BCUT2D eigenvalue weighted by Crippen LogP contribution is 2.44. The van der Waals surface area contributed by atoms with Crippen molar-refractivity contribution in [3.8, 4) is 11.1 Å². The largest absolute Gasteiger partial charge is 0.481 e. The number of hydrogen-bond acceptors (Lipinski definition) is 4. The molecule has 186 valence electrons. The van der Waals surface area contributed by atoms with Gasteiger partial charge in [0.1, 0.15) is 6.61 Å². The van der Waals surface area contributed by atoms with E-state index in [2.05, 4.69) is 34.9 Å². The minimum absolute atomic E-state index is 0.00334. The van der Waals surface area contributed by atoms with Gasteiger partial charge in [0.15, 0.2) is 0 Å². The number of alkyl carbamates (subject to hydrolysis) is 1. The number of ether oxygens (including phenoxy) is 1. The number of benzene rings is 2. The molecular weight excluding hydrogens is 444 g/mol. The zero-order valence-corrected chi connectivity index (χ0v) is 20.2. The molecule has 7 nitrogen and oxygen atoms in total. The Bertz CT molecular complexity index is 1020. The summed E-state index contributed by atoms with van der Waals surface area (Å²) in [5, 5.41) is 15.0. The number of nitrogens with one attached hydrogen (secondary N) is 2. The zero-order chi connectivity index (χ0) is 24.8. The Morgan fingerprint density at radius 3 is 2.31 bits per heavy atom. The Morgan fingerprint density at radius 1 is 1.03 bits per heavy atom. The molecular formula is C28H34N2O5. The van der Waals surface area contributed by atoms with Crippen LogP contribution in [0.1, 0.15) is 62.5 Å². The lowest BCUT2D eigenvalue weighted by Crippen LogP contribution is -2.40. The van der Waals surface area contributed by atoms with Crippen LogP contribution in [-0.4, -0.2) is 42.3 Å². The maximum absolute atomic E-state index is 12.7. The number of amides is 2. The molecule has 3 unspecified atom stereocenters. The Morgan fingerprint density at radius 2 is 1.69 bits per heavy atom. The topological polar surface area (TPSA) is 105 Å². The van der Waals surface area contributed by atoms with Crippen LogP contribution >= 0.6 is 0 Å². The molecule has 35 heavy (non-hydrogen) atoms. The van der Waals surface area contributed by atoms with Crippen LogP contribution in [0.4, 0.5) is 4.79 Å². The molecule has 2 aromatic carbocycles. The third-order valence-electron chi connectivity index (χ3n) is 7.29. The Hall–Kier alpha value is -3.35. The standard InChI is InChI=1S/C28H34N2O5/c1-2-8-19(27(32)33)16-29-26(31)15-18-9-7-14-25(18)30-28(34)35-17-24-22-12-5-3-10-20(22)21-11-4-6-13-23(21)24/h3-6,10-13,18-19,24-25H,2,7-9,14-17H2,1H3,(H,29,31)(H,30,34)(H,32,33). The first-order valence-electron chi connectivity index (χ1n) is 12.6. The van der Waals surface area contributed by atoms with E-state index < -0.39 is 18.0 Å². The second-order valence-electron chi connectivity index (χ2n) is 9.60. The maximum Gasteiger partial charge on any atom is 0.407 e. The van der Waals surface area contributed by atoms with Crippen molar-refractivity contribution in [3.63, 3.8) is 0 Å². The summed E-state index contributed by atoms with van der Waals surface area (Å²) in [6.07, 6.45) is 3.67. The van der Waals surface area contributed by atoms with E-state index >= 15 is 0 Å². The molecule has 0 aliphatic heterocycles. The molecule has 0 spiro atoms. The van der Waals surface area contributed by atoms with Gasteiger partial charge in [-0.1, -0.05) is 68.3 Å². The number of carboxylic acid groups (broad SMARTS) is 1. The smallest absolute Gasteiger partial charge is 0.407 e. The van der Waals surface area contributed by atoms with Gasteiger partial charge in [-0.2, -0.15) is 0 Å². The van der Waals surface area contributed by atoms with Gasteiger partial charge in [-0.3, -0.25) is 9.59 Å². The van der Waals surface area contributed by atoms with Crippen molar-refractivity contribution >= 4 is 18.0 Å². The number of rotatable bonds is 10. The molecule has 3 atom stereocenters. The van der Waals surface area contributed by atoms with Crippen LogP contribution in [0.15, 0.2) is 48.5 Å². The summed E-state index contributed by atoms with van der Waals surface area (Å²) in [6, 6.07) is 16.3. The lowest BCUT2D eigenvalue weighted by atomic mass is 9.98. The van der Waals surface area contributed by atoms with Crippen LogP contribution in [0.25, 0.3) is 11.1 Å². The summed E-state index contributed by atoms with van der Waals surface area (Å²) in [7, 11) is 0. The van der Waals surface area contributed by atoms with Gasteiger partial charge in [-0.15, -0.1) is 0 Å². The lowest BCUT2D eigenvalue weighted by Gasteiger charge is -2.22. The van der Waals surface area contributed by atoms with Crippen molar-refractivity contribution in [1.29, 1.82) is 0 Å². The molecule has 0 radical (unpaired) electrons. The quantitative estimate of drug-likeness (QED) is 0.459. The molecule has 2 aliphatic rings. The number of carboxylic acids is 1. The van der Waals surface area contributed by atoms with Crippen LogP contribution in [-0.2, 0) is 14.3 Å². The molecule has 3 N–H and O–H groups in total. The fourth-order valence-electron chi connectivity index (χ4n) is 5.47. The van der Waals surface area contributed by atoms with E-state index in [1.807, 2.05) is 31.2 Å². The van der Waals surface area contributed by atoms with Crippen molar-refractivity contribution < 1.29 is 24.2 Å². The molecule has 2 aromatic rings. The monoisotopic (exact) mass is 478 g/mol. The van der Waals surface area contributed by atoms with Gasteiger partial charge in [0.2, 0.25) is 5.91 Å². The van der Waals surface area contributed by atoms with Gasteiger partial charge in [-0.25, -0.2) is 4.79 Å². The highest BCUT2D eigenvalue weighted by Gasteiger charge is 2.32. The zero-order valence-electron chi connectivity index (χ0n) is 20.2. The molecule has 0 saturated heterocycles. The average molecular weight is 479 g/mol. The number of aliphatic carboxylic acids is 1. The highest BCUT2D eigenvalue weighted by molar-refractivity contribution is 5.79. The molecule has 4 rings (SSSR count). The summed E-state index contributed by atoms with van der Waals surface area (Å²) in [5.74, 6) is -1.60. The number of fused-ring (bicyclic) bond motifs is 3. The molecule has 1 fully saturated rings. The van der Waals surface area contributed by atoms with Crippen molar-refractivity contribution in [2.75, 3.05) is 13.2 Å². The third-order valence-corrected chi connectivity index (χ3v) is 7.29. The molecule has 0 heterocycles. The summed E-state index contributed by atoms with van der Waals surface area (Å²) in [6.45, 7) is 2.32. The predicted octanol–water partition coefficient (Wildman–Crippen LogP) is 4.70. The van der Waals surface area contributed by atoms with Crippen LogP contribution in [0.3, 0.4) is 0 Å². The second kappa shape index (κ2) is 11.4. The van der Waals surface area contributed by atoms with Crippen molar-refractivity contribution in [3.05, 3.63) is 59.7 Å². The van der Waals surface area contributed by atoms with E-state index in [1.165, 1.54) is 22.3 Å². The minimum Gasteiger partial charge on any atom is -0.481 e. The fraction of sp³-hybridized carbons (Fsp3) is 0.464. The molecule has 2 amide bonds. The van der Waals surface area contributed by atoms with Gasteiger partial charge >= 0.3 is 12.1 Å². The van der Waals surface area contributed by atoms with E-state index in [4.69, 9.17) is 4.74 Å². The van der Waals surface area contributed by atoms with E-state index in [9.17, 15) is 19.5 Å². The number of carbonyl (C=O) groups is 3. The van der Waals surface area contributed by atoms with E-state index in [1.54, 1.807) is 0 Å². The summed E-state index contributed by atoms with van der Waals surface area (Å²) in [5.41, 5.74) is 4.70. The van der Waals surface area contributed by atoms with Crippen LogP contribution in [0.5, 0.6) is 0 Å². The van der Waals surface area contributed by atoms with Crippen LogP contribution in [0.2, 0.25) is 0 Å². The summed E-state index contributed by atoms with van der Waals surface area (Å²) >= 11 is 0. The number of carbonyl (C=O) groups excluding carboxylic acids is 2. The molecule has 2 aliphatic carbocycles. The van der Waals surface area contributed by atoms with E-state index in [-0.39, 0.29) is 43.4 Å². The summed E-state index contributed by atoms with van der Waals surface area (Å²) < 4.78 is 5.67. The molecule has 0 bridgehead atoms. The summed E-state index contributed by atoms with van der Waals surface area (Å²) in [4.78, 5) is 36.4. The minimum atomic E-state index is -0.886. The van der Waals surface area contributed by atoms with Gasteiger partial charge in [-0.05, 0) is 47.4 Å². The Balaban J connectivity index is 1.28. The fourth-order valence-corrected chi connectivity index (χ4v) is 5.47. The first-order chi connectivity index (χ1) is 17.0. The highest BCUT2D eigenvalue weighted by atomic mass is 16.5. The maximum atomic E-state index is 12.7. The SMILES string of the molecule is CCCC(CNC(=O)CC1CCCC1NC(=O)OCC1c2ccccc2-c2ccccc21)C(=O)O. The second-order valence-corrected chi connectivity index (χ2v) is 9.60. The van der Waals surface area contributed by atoms with Gasteiger partial charge in [0.25, 0.3) is 0 Å². The van der Waals surface area contributed by atoms with Crippen LogP contribution < -0.4 is 10.6 Å². The predicted molar refractivity (Wildman–Crippen MR) is 133 cm³/mol. The van der Waals surface area contributed by atoms with Crippen molar-refractivity contribution in [2.24, 2.45) is 11.8 Å². The lowest BCUT2D eigenvalue weighted by molar-refractivity contribution is -0.142. The number of hydrogen-bond donors (Lipinski definition) is 3. The normalized spacial score (nSPS) is 19.5. The molecule has 1 saturated carbocycles.